The summed E-state index contributed by atoms with van der Waals surface area (Å²) in [6.07, 6.45) is 17.2. The van der Waals surface area contributed by atoms with E-state index >= 15 is 0 Å². The van der Waals surface area contributed by atoms with Crippen molar-refractivity contribution in [2.45, 2.75) is 111 Å². The van der Waals surface area contributed by atoms with Gasteiger partial charge in [-0.15, -0.1) is 0 Å². The Bertz CT molecular complexity index is 673. The van der Waals surface area contributed by atoms with Crippen LogP contribution < -0.4 is 10.6 Å². The molecule has 0 radical (unpaired) electrons. The largest absolute Gasteiger partial charge is 0.393 e. The molecule has 0 bridgehead atoms. The molecular formula is C31H56N2O. The molecule has 3 heteroatoms. The lowest BCUT2D eigenvalue weighted by atomic mass is 9.47. The molecule has 5 rings (SSSR count). The van der Waals surface area contributed by atoms with Crippen molar-refractivity contribution in [2.75, 3.05) is 26.2 Å². The molecule has 0 aromatic heterocycles. The van der Waals surface area contributed by atoms with Crippen LogP contribution in [-0.2, 0) is 0 Å². The number of aliphatic hydroxyl groups is 1. The molecule has 1 saturated heterocycles. The molecule has 0 aromatic rings. The van der Waals surface area contributed by atoms with E-state index in [0.29, 0.717) is 10.8 Å². The first-order valence-electron chi connectivity index (χ1n) is 15.0. The zero-order chi connectivity index (χ0) is 24.3. The molecule has 1 heterocycles. The van der Waals surface area contributed by atoms with Crippen LogP contribution in [0.25, 0.3) is 0 Å². The van der Waals surface area contributed by atoms with Gasteiger partial charge in [0.1, 0.15) is 0 Å². The third-order valence-corrected chi connectivity index (χ3v) is 11.2. The fourth-order valence-electron chi connectivity index (χ4n) is 9.27. The number of hydrogen-bond acceptors (Lipinski definition) is 3. The summed E-state index contributed by atoms with van der Waals surface area (Å²) in [5.74, 6) is 5.46. The van der Waals surface area contributed by atoms with E-state index in [4.69, 9.17) is 0 Å². The van der Waals surface area contributed by atoms with Gasteiger partial charge in [-0.3, -0.25) is 0 Å². The molecule has 5 aliphatic rings. The van der Waals surface area contributed by atoms with Crippen LogP contribution in [-0.4, -0.2) is 37.4 Å². The third-order valence-electron chi connectivity index (χ3n) is 11.2. The van der Waals surface area contributed by atoms with Gasteiger partial charge in [-0.25, -0.2) is 0 Å². The minimum atomic E-state index is -0.0766. The van der Waals surface area contributed by atoms with Crippen molar-refractivity contribution in [1.82, 2.24) is 10.6 Å². The van der Waals surface area contributed by atoms with Crippen LogP contribution in [0.4, 0.5) is 0 Å². The highest BCUT2D eigenvalue weighted by atomic mass is 16.3. The lowest BCUT2D eigenvalue weighted by Crippen LogP contribution is -2.50. The Morgan fingerprint density at radius 1 is 0.912 bits per heavy atom. The van der Waals surface area contributed by atoms with Gasteiger partial charge in [-0.2, -0.15) is 0 Å². The third kappa shape index (κ3) is 5.47. The smallest absolute Gasteiger partial charge is 0.0577 e. The second kappa shape index (κ2) is 11.3. The van der Waals surface area contributed by atoms with Crippen LogP contribution in [0.5, 0.6) is 0 Å². The lowest BCUT2D eigenvalue weighted by Gasteiger charge is -2.58. The molecule has 0 aromatic carbocycles. The zero-order valence-corrected chi connectivity index (χ0v) is 23.2. The fourth-order valence-corrected chi connectivity index (χ4v) is 9.27. The maximum absolute atomic E-state index is 10.2. The fraction of sp³-hybridized carbons (Fsp3) is 0.935. The first-order valence-corrected chi connectivity index (χ1v) is 15.0. The number of piperazine rings is 1. The van der Waals surface area contributed by atoms with Crippen LogP contribution in [0.3, 0.4) is 0 Å². The summed E-state index contributed by atoms with van der Waals surface area (Å²) < 4.78 is 0. The minimum absolute atomic E-state index is 0.0766. The summed E-state index contributed by atoms with van der Waals surface area (Å²) >= 11 is 0. The van der Waals surface area contributed by atoms with Gasteiger partial charge in [0, 0.05) is 26.2 Å². The van der Waals surface area contributed by atoms with Crippen molar-refractivity contribution in [1.29, 1.82) is 0 Å². The Kier molecular flexibility index (Phi) is 8.90. The standard InChI is InChI=1S/C27H46O.C4H10N2/c1-18(2)7-6-8-19(3)23-11-12-24-22-10-9-20-17-21(28)13-15-26(20,4)25(22)14-16-27(23,24)5;1-2-6-4-3-5-1/h9,18-19,21-25,28H,6-8,10-17H2,1-5H3;5-6H,1-4H2/t19-,21+,22+,23-,24+,25+,26+,27-;/m1./s1. The molecule has 34 heavy (non-hydrogen) atoms. The predicted molar refractivity (Wildman–Crippen MR) is 145 cm³/mol. The topological polar surface area (TPSA) is 44.3 Å². The van der Waals surface area contributed by atoms with Gasteiger partial charge < -0.3 is 15.7 Å². The molecule has 3 saturated carbocycles. The molecule has 4 aliphatic carbocycles. The molecule has 0 amide bonds. The maximum Gasteiger partial charge on any atom is 0.0577 e. The summed E-state index contributed by atoms with van der Waals surface area (Å²) in [6.45, 7) is 17.1. The average Bonchev–Trinajstić information content (AvgIpc) is 3.18. The summed E-state index contributed by atoms with van der Waals surface area (Å²) in [6, 6.07) is 0. The Balaban J connectivity index is 0.000000398. The average molecular weight is 473 g/mol. The first kappa shape index (κ1) is 26.7. The van der Waals surface area contributed by atoms with E-state index in [1.54, 1.807) is 5.57 Å². The Labute approximate surface area is 211 Å². The van der Waals surface area contributed by atoms with E-state index in [9.17, 15) is 5.11 Å². The highest BCUT2D eigenvalue weighted by molar-refractivity contribution is 5.25. The van der Waals surface area contributed by atoms with E-state index in [0.717, 1.165) is 74.5 Å². The molecule has 1 aliphatic heterocycles. The van der Waals surface area contributed by atoms with Crippen LogP contribution in [0.15, 0.2) is 11.6 Å². The van der Waals surface area contributed by atoms with Crippen molar-refractivity contribution in [3.8, 4) is 0 Å². The monoisotopic (exact) mass is 472 g/mol. The molecule has 8 atom stereocenters. The minimum Gasteiger partial charge on any atom is -0.393 e. The van der Waals surface area contributed by atoms with Crippen LogP contribution in [0.2, 0.25) is 0 Å². The maximum atomic E-state index is 10.2. The Morgan fingerprint density at radius 3 is 2.26 bits per heavy atom. The molecule has 3 N–H and O–H groups in total. The predicted octanol–water partition coefficient (Wildman–Crippen LogP) is 6.57. The van der Waals surface area contributed by atoms with Crippen molar-refractivity contribution in [3.63, 3.8) is 0 Å². The van der Waals surface area contributed by atoms with E-state index in [1.807, 2.05) is 0 Å². The van der Waals surface area contributed by atoms with E-state index in [2.05, 4.69) is 51.3 Å². The van der Waals surface area contributed by atoms with Crippen molar-refractivity contribution >= 4 is 0 Å². The second-order valence-electron chi connectivity index (χ2n) is 13.7. The van der Waals surface area contributed by atoms with Gasteiger partial charge in [0.2, 0.25) is 0 Å². The molecule has 3 nitrogen and oxygen atoms in total. The van der Waals surface area contributed by atoms with Gasteiger partial charge in [0.15, 0.2) is 0 Å². The quantitative estimate of drug-likeness (QED) is 0.397. The van der Waals surface area contributed by atoms with Crippen LogP contribution in [0.1, 0.15) is 105 Å². The summed E-state index contributed by atoms with van der Waals surface area (Å²) in [7, 11) is 0. The number of rotatable bonds is 5. The summed E-state index contributed by atoms with van der Waals surface area (Å²) in [5, 5.41) is 16.7. The van der Waals surface area contributed by atoms with Crippen molar-refractivity contribution < 1.29 is 5.11 Å². The van der Waals surface area contributed by atoms with Crippen LogP contribution in [0, 0.1) is 46.3 Å². The number of fused-ring (bicyclic) bond motifs is 5. The SMILES string of the molecule is C1CNCCN1.CC(C)CCC[C@@H](C)[C@H]1CC[C@H]2[C@@H]3CC=C4C[C@@H](O)CC[C@]4(C)[C@H]3CC[C@]12C. The van der Waals surface area contributed by atoms with Gasteiger partial charge in [-0.1, -0.05) is 65.5 Å². The van der Waals surface area contributed by atoms with E-state index < -0.39 is 0 Å². The number of hydrogen-bond donors (Lipinski definition) is 3. The molecular weight excluding hydrogens is 416 g/mol. The van der Waals surface area contributed by atoms with Crippen LogP contribution >= 0.6 is 0 Å². The number of aliphatic hydroxyl groups excluding tert-OH is 1. The van der Waals surface area contributed by atoms with Crippen molar-refractivity contribution in [2.24, 2.45) is 46.3 Å². The summed E-state index contributed by atoms with van der Waals surface area (Å²) in [5.41, 5.74) is 2.60. The van der Waals surface area contributed by atoms with Gasteiger partial charge in [0.05, 0.1) is 6.10 Å². The van der Waals surface area contributed by atoms with Gasteiger partial charge in [-0.05, 0) is 97.7 Å². The highest BCUT2D eigenvalue weighted by Gasteiger charge is 2.59. The Hall–Kier alpha value is -0.380. The number of nitrogens with one attached hydrogen (secondary N) is 2. The van der Waals surface area contributed by atoms with Gasteiger partial charge >= 0.3 is 0 Å². The van der Waals surface area contributed by atoms with Crippen molar-refractivity contribution in [3.05, 3.63) is 11.6 Å². The Morgan fingerprint density at radius 2 is 1.62 bits per heavy atom. The molecule has 0 spiro atoms. The lowest BCUT2D eigenvalue weighted by molar-refractivity contribution is -0.0573. The second-order valence-corrected chi connectivity index (χ2v) is 13.7. The van der Waals surface area contributed by atoms with E-state index in [1.165, 1.54) is 57.8 Å². The molecule has 4 fully saturated rings. The molecule has 196 valence electrons. The zero-order valence-electron chi connectivity index (χ0n) is 23.2. The summed E-state index contributed by atoms with van der Waals surface area (Å²) in [4.78, 5) is 0. The normalized spacial score (nSPS) is 42.6. The van der Waals surface area contributed by atoms with E-state index in [-0.39, 0.29) is 6.10 Å². The molecule has 0 unspecified atom stereocenters. The number of allylic oxidation sites excluding steroid dienone is 1. The van der Waals surface area contributed by atoms with Gasteiger partial charge in [0.25, 0.3) is 0 Å². The first-order chi connectivity index (χ1) is 16.3. The highest BCUT2D eigenvalue weighted by Crippen LogP contribution is 2.67.